The second kappa shape index (κ2) is 2.62. The highest BCUT2D eigenvalue weighted by Crippen LogP contribution is 2.18. The standard InChI is InChI=1S/C7H14N4/c1-7(2,5-8)6-4-9-10-11(6)3/h4H,5,8H2,1-3H3. The van der Waals surface area contributed by atoms with Crippen LogP contribution in [0.2, 0.25) is 0 Å². The normalized spacial score (nSPS) is 12.0. The fraction of sp³-hybridized carbons (Fsp3) is 0.714. The van der Waals surface area contributed by atoms with Gasteiger partial charge in [0, 0.05) is 19.0 Å². The van der Waals surface area contributed by atoms with E-state index in [0.717, 1.165) is 5.69 Å². The molecular weight excluding hydrogens is 140 g/mol. The Morgan fingerprint density at radius 1 is 1.64 bits per heavy atom. The molecular formula is C7H14N4. The van der Waals surface area contributed by atoms with Gasteiger partial charge in [0.1, 0.15) is 0 Å². The highest BCUT2D eigenvalue weighted by molar-refractivity contribution is 5.09. The Kier molecular flexibility index (Phi) is 1.95. The van der Waals surface area contributed by atoms with Gasteiger partial charge in [0.05, 0.1) is 11.9 Å². The molecule has 0 aromatic carbocycles. The summed E-state index contributed by atoms with van der Waals surface area (Å²) in [5, 5.41) is 7.64. The third-order valence-corrected chi connectivity index (χ3v) is 1.92. The maximum atomic E-state index is 5.60. The molecule has 1 heterocycles. The van der Waals surface area contributed by atoms with Crippen LogP contribution in [0.3, 0.4) is 0 Å². The van der Waals surface area contributed by atoms with Crippen LogP contribution in [0.15, 0.2) is 6.20 Å². The summed E-state index contributed by atoms with van der Waals surface area (Å²) in [5.41, 5.74) is 6.64. The van der Waals surface area contributed by atoms with Crippen LogP contribution in [0.1, 0.15) is 19.5 Å². The molecule has 0 spiro atoms. The Balaban J connectivity index is 3.00. The van der Waals surface area contributed by atoms with E-state index in [1.54, 1.807) is 10.9 Å². The van der Waals surface area contributed by atoms with Gasteiger partial charge in [-0.2, -0.15) is 0 Å². The van der Waals surface area contributed by atoms with Gasteiger partial charge in [0.2, 0.25) is 0 Å². The first-order valence-electron chi connectivity index (χ1n) is 3.63. The van der Waals surface area contributed by atoms with Gasteiger partial charge < -0.3 is 5.73 Å². The van der Waals surface area contributed by atoms with Crippen LogP contribution in [0.25, 0.3) is 0 Å². The van der Waals surface area contributed by atoms with Crippen LogP contribution in [0.4, 0.5) is 0 Å². The molecule has 0 saturated carbocycles. The third-order valence-electron chi connectivity index (χ3n) is 1.92. The van der Waals surface area contributed by atoms with E-state index in [9.17, 15) is 0 Å². The summed E-state index contributed by atoms with van der Waals surface area (Å²) < 4.78 is 1.76. The zero-order valence-electron chi connectivity index (χ0n) is 7.20. The zero-order chi connectivity index (χ0) is 8.48. The molecule has 4 heteroatoms. The fourth-order valence-electron chi connectivity index (χ4n) is 1.01. The van der Waals surface area contributed by atoms with Crippen LogP contribution in [-0.4, -0.2) is 21.5 Å². The molecule has 4 nitrogen and oxygen atoms in total. The number of hydrogen-bond donors (Lipinski definition) is 1. The number of aromatic nitrogens is 3. The van der Waals surface area contributed by atoms with E-state index in [1.165, 1.54) is 0 Å². The third kappa shape index (κ3) is 1.40. The molecule has 0 aliphatic heterocycles. The van der Waals surface area contributed by atoms with E-state index in [4.69, 9.17) is 5.73 Å². The van der Waals surface area contributed by atoms with Crippen LogP contribution in [-0.2, 0) is 12.5 Å². The summed E-state index contributed by atoms with van der Waals surface area (Å²) in [7, 11) is 1.87. The lowest BCUT2D eigenvalue weighted by atomic mass is 9.90. The lowest BCUT2D eigenvalue weighted by Crippen LogP contribution is -2.30. The smallest absolute Gasteiger partial charge is 0.0731 e. The van der Waals surface area contributed by atoms with Gasteiger partial charge in [-0.05, 0) is 0 Å². The minimum atomic E-state index is -0.0295. The molecule has 1 rings (SSSR count). The summed E-state index contributed by atoms with van der Waals surface area (Å²) in [6.45, 7) is 4.76. The van der Waals surface area contributed by atoms with Gasteiger partial charge in [-0.1, -0.05) is 19.1 Å². The Bertz CT molecular complexity index is 238. The van der Waals surface area contributed by atoms with Crippen molar-refractivity contribution in [1.82, 2.24) is 15.0 Å². The molecule has 0 radical (unpaired) electrons. The lowest BCUT2D eigenvalue weighted by Gasteiger charge is -2.21. The molecule has 62 valence electrons. The van der Waals surface area contributed by atoms with Crippen molar-refractivity contribution in [3.05, 3.63) is 11.9 Å². The first kappa shape index (κ1) is 8.20. The lowest BCUT2D eigenvalue weighted by molar-refractivity contribution is 0.486. The zero-order valence-corrected chi connectivity index (χ0v) is 7.20. The van der Waals surface area contributed by atoms with E-state index in [2.05, 4.69) is 24.2 Å². The first-order valence-corrected chi connectivity index (χ1v) is 3.63. The van der Waals surface area contributed by atoms with E-state index < -0.39 is 0 Å². The first-order chi connectivity index (χ1) is 5.08. The second-order valence-corrected chi connectivity index (χ2v) is 3.33. The van der Waals surface area contributed by atoms with Gasteiger partial charge in [0.25, 0.3) is 0 Å². The number of hydrogen-bond acceptors (Lipinski definition) is 3. The summed E-state index contributed by atoms with van der Waals surface area (Å²) >= 11 is 0. The summed E-state index contributed by atoms with van der Waals surface area (Å²) in [6, 6.07) is 0. The molecule has 0 saturated heterocycles. The van der Waals surface area contributed by atoms with Crippen LogP contribution < -0.4 is 5.73 Å². The Morgan fingerprint density at radius 2 is 2.27 bits per heavy atom. The van der Waals surface area contributed by atoms with Gasteiger partial charge in [-0.3, -0.25) is 4.68 Å². The SMILES string of the molecule is Cn1nncc1C(C)(C)CN. The minimum Gasteiger partial charge on any atom is -0.330 e. The number of nitrogens with two attached hydrogens (primary N) is 1. The average Bonchev–Trinajstić information content (AvgIpc) is 2.36. The quantitative estimate of drug-likeness (QED) is 0.655. The van der Waals surface area contributed by atoms with Gasteiger partial charge in [0.15, 0.2) is 0 Å². The maximum absolute atomic E-state index is 5.60. The molecule has 0 aliphatic rings. The highest BCUT2D eigenvalue weighted by atomic mass is 15.4. The molecule has 0 bridgehead atoms. The molecule has 0 amide bonds. The van der Waals surface area contributed by atoms with E-state index >= 15 is 0 Å². The predicted molar refractivity (Wildman–Crippen MR) is 43.1 cm³/mol. The monoisotopic (exact) mass is 154 g/mol. The Morgan fingerprint density at radius 3 is 2.64 bits per heavy atom. The van der Waals surface area contributed by atoms with Crippen molar-refractivity contribution in [2.45, 2.75) is 19.3 Å². The summed E-state index contributed by atoms with van der Waals surface area (Å²) in [4.78, 5) is 0. The van der Waals surface area contributed by atoms with Crippen molar-refractivity contribution in [3.8, 4) is 0 Å². The number of nitrogens with zero attached hydrogens (tertiary/aromatic N) is 3. The van der Waals surface area contributed by atoms with Gasteiger partial charge in [-0.15, -0.1) is 5.10 Å². The molecule has 1 aromatic rings. The number of aryl methyl sites for hydroxylation is 1. The Labute approximate surface area is 66.4 Å². The number of rotatable bonds is 2. The predicted octanol–water partition coefficient (Wildman–Crippen LogP) is 0.0514. The van der Waals surface area contributed by atoms with E-state index in [0.29, 0.717) is 6.54 Å². The average molecular weight is 154 g/mol. The minimum absolute atomic E-state index is 0.0295. The van der Waals surface area contributed by atoms with Gasteiger partial charge >= 0.3 is 0 Å². The van der Waals surface area contributed by atoms with Crippen LogP contribution in [0.5, 0.6) is 0 Å². The molecule has 0 fully saturated rings. The molecule has 1 aromatic heterocycles. The summed E-state index contributed by atoms with van der Waals surface area (Å²) in [5.74, 6) is 0. The molecule has 11 heavy (non-hydrogen) atoms. The fourth-order valence-corrected chi connectivity index (χ4v) is 1.01. The van der Waals surface area contributed by atoms with Crippen molar-refractivity contribution in [1.29, 1.82) is 0 Å². The largest absolute Gasteiger partial charge is 0.330 e. The van der Waals surface area contributed by atoms with Crippen molar-refractivity contribution in [2.75, 3.05) is 6.54 Å². The van der Waals surface area contributed by atoms with Crippen molar-refractivity contribution in [3.63, 3.8) is 0 Å². The Hall–Kier alpha value is -0.900. The maximum Gasteiger partial charge on any atom is 0.0731 e. The van der Waals surface area contributed by atoms with Crippen LogP contribution >= 0.6 is 0 Å². The van der Waals surface area contributed by atoms with E-state index in [-0.39, 0.29) is 5.41 Å². The van der Waals surface area contributed by atoms with E-state index in [1.807, 2.05) is 7.05 Å². The molecule has 0 atom stereocenters. The van der Waals surface area contributed by atoms with Gasteiger partial charge in [-0.25, -0.2) is 0 Å². The van der Waals surface area contributed by atoms with Crippen molar-refractivity contribution < 1.29 is 0 Å². The molecule has 0 aliphatic carbocycles. The molecule has 2 N–H and O–H groups in total. The summed E-state index contributed by atoms with van der Waals surface area (Å²) in [6.07, 6.45) is 1.76. The molecule has 0 unspecified atom stereocenters. The van der Waals surface area contributed by atoms with Crippen molar-refractivity contribution >= 4 is 0 Å². The topological polar surface area (TPSA) is 56.7 Å². The van der Waals surface area contributed by atoms with Crippen LogP contribution in [0, 0.1) is 0 Å². The second-order valence-electron chi connectivity index (χ2n) is 3.33. The highest BCUT2D eigenvalue weighted by Gasteiger charge is 2.22. The van der Waals surface area contributed by atoms with Crippen molar-refractivity contribution in [2.24, 2.45) is 12.8 Å².